The van der Waals surface area contributed by atoms with Gasteiger partial charge >= 0.3 is 0 Å². The number of H-pyrrole nitrogens is 1. The smallest absolute Gasteiger partial charge is 0.255 e. The molecule has 5 aromatic rings. The van der Waals surface area contributed by atoms with E-state index >= 15 is 0 Å². The molecule has 7 heteroatoms. The zero-order valence-electron chi connectivity index (χ0n) is 18.3. The Morgan fingerprint density at radius 3 is 2.50 bits per heavy atom. The topological polar surface area (TPSA) is 87.7 Å². The van der Waals surface area contributed by atoms with Crippen molar-refractivity contribution in [1.29, 1.82) is 0 Å². The molecule has 3 aromatic carbocycles. The summed E-state index contributed by atoms with van der Waals surface area (Å²) in [6.07, 6.45) is 3.83. The summed E-state index contributed by atoms with van der Waals surface area (Å²) in [5, 5.41) is 14.1. The van der Waals surface area contributed by atoms with Crippen molar-refractivity contribution >= 4 is 51.8 Å². The van der Waals surface area contributed by atoms with Crippen LogP contribution in [0, 0.1) is 6.92 Å². The number of hydrogen-bond acceptors (Lipinski definition) is 5. The maximum absolute atomic E-state index is 13.1. The highest BCUT2D eigenvalue weighted by atomic mass is 32.1. The van der Waals surface area contributed by atoms with Gasteiger partial charge < -0.3 is 5.32 Å². The van der Waals surface area contributed by atoms with Crippen LogP contribution < -0.4 is 5.32 Å². The molecule has 2 aromatic heterocycles. The number of amides is 1. The van der Waals surface area contributed by atoms with Gasteiger partial charge in [-0.25, -0.2) is 4.98 Å². The number of ketones is 1. The third-order valence-corrected chi connectivity index (χ3v) is 6.11. The molecule has 0 atom stereocenters. The van der Waals surface area contributed by atoms with E-state index in [9.17, 15) is 9.59 Å². The van der Waals surface area contributed by atoms with Crippen LogP contribution in [0.15, 0.2) is 78.2 Å². The van der Waals surface area contributed by atoms with E-state index in [1.54, 1.807) is 59.9 Å². The first-order valence-corrected chi connectivity index (χ1v) is 11.5. The second-order valence-corrected chi connectivity index (χ2v) is 8.79. The predicted octanol–water partition coefficient (Wildman–Crippen LogP) is 5.98. The molecule has 0 radical (unpaired) electrons. The van der Waals surface area contributed by atoms with Gasteiger partial charge in [0.15, 0.2) is 5.78 Å². The van der Waals surface area contributed by atoms with Crippen LogP contribution in [-0.2, 0) is 0 Å². The molecule has 5 rings (SSSR count). The third-order valence-electron chi connectivity index (χ3n) is 5.32. The number of aromatic nitrogens is 3. The van der Waals surface area contributed by atoms with Gasteiger partial charge in [-0.2, -0.15) is 5.10 Å². The lowest BCUT2D eigenvalue weighted by atomic mass is 10.0. The largest absolute Gasteiger partial charge is 0.322 e. The monoisotopic (exact) mass is 464 g/mol. The SMILES string of the molecule is Cc1nc(C=Cc2n[nH]c3cc(C(=O)c4cccc(NC(=O)c5ccccc5)c4)ccc23)cs1. The van der Waals surface area contributed by atoms with Crippen LogP contribution in [0.5, 0.6) is 0 Å². The molecule has 2 heterocycles. The Morgan fingerprint density at radius 2 is 1.71 bits per heavy atom. The molecule has 0 aliphatic heterocycles. The third kappa shape index (κ3) is 4.55. The van der Waals surface area contributed by atoms with Crippen molar-refractivity contribution in [3.05, 3.63) is 111 Å². The summed E-state index contributed by atoms with van der Waals surface area (Å²) in [5.74, 6) is -0.361. The second-order valence-electron chi connectivity index (χ2n) is 7.72. The van der Waals surface area contributed by atoms with Gasteiger partial charge in [0.25, 0.3) is 5.91 Å². The van der Waals surface area contributed by atoms with Gasteiger partial charge in [-0.15, -0.1) is 11.3 Å². The zero-order valence-corrected chi connectivity index (χ0v) is 19.1. The Labute approximate surface area is 200 Å². The van der Waals surface area contributed by atoms with Crippen LogP contribution in [-0.4, -0.2) is 26.9 Å². The summed E-state index contributed by atoms with van der Waals surface area (Å²) in [7, 11) is 0. The van der Waals surface area contributed by atoms with Crippen molar-refractivity contribution in [3.8, 4) is 0 Å². The van der Waals surface area contributed by atoms with E-state index < -0.39 is 0 Å². The minimum absolute atomic E-state index is 0.137. The maximum Gasteiger partial charge on any atom is 0.255 e. The number of rotatable bonds is 6. The van der Waals surface area contributed by atoms with Crippen LogP contribution in [0.1, 0.15) is 42.7 Å². The van der Waals surface area contributed by atoms with Gasteiger partial charge in [0.2, 0.25) is 0 Å². The van der Waals surface area contributed by atoms with E-state index in [-0.39, 0.29) is 11.7 Å². The van der Waals surface area contributed by atoms with Gasteiger partial charge in [-0.05, 0) is 55.5 Å². The molecule has 0 unspecified atom stereocenters. The highest BCUT2D eigenvalue weighted by Crippen LogP contribution is 2.22. The fourth-order valence-corrected chi connectivity index (χ4v) is 4.21. The molecular formula is C27H20N4O2S. The molecule has 2 N–H and O–H groups in total. The summed E-state index contributed by atoms with van der Waals surface area (Å²) < 4.78 is 0. The summed E-state index contributed by atoms with van der Waals surface area (Å²) in [6.45, 7) is 1.97. The minimum atomic E-state index is -0.225. The van der Waals surface area contributed by atoms with Crippen molar-refractivity contribution in [1.82, 2.24) is 15.2 Å². The zero-order chi connectivity index (χ0) is 23.5. The number of fused-ring (bicyclic) bond motifs is 1. The fraction of sp³-hybridized carbons (Fsp3) is 0.0370. The molecule has 34 heavy (non-hydrogen) atoms. The van der Waals surface area contributed by atoms with Crippen LogP contribution in [0.25, 0.3) is 23.1 Å². The Kier molecular flexibility index (Phi) is 5.84. The summed E-state index contributed by atoms with van der Waals surface area (Å²) in [6, 6.07) is 21.4. The second kappa shape index (κ2) is 9.25. The molecule has 0 aliphatic carbocycles. The molecule has 0 spiro atoms. The number of thiazole rings is 1. The van der Waals surface area contributed by atoms with Gasteiger partial charge in [-0.3, -0.25) is 14.7 Å². The molecule has 166 valence electrons. The summed E-state index contributed by atoms with van der Waals surface area (Å²) in [5.41, 5.74) is 4.59. The number of aromatic amines is 1. The Bertz CT molecular complexity index is 1530. The van der Waals surface area contributed by atoms with Crippen LogP contribution >= 0.6 is 11.3 Å². The molecule has 0 saturated heterocycles. The summed E-state index contributed by atoms with van der Waals surface area (Å²) in [4.78, 5) is 30.0. The van der Waals surface area contributed by atoms with E-state index in [0.29, 0.717) is 22.4 Å². The number of aryl methyl sites for hydroxylation is 1. The molecule has 0 fully saturated rings. The van der Waals surface area contributed by atoms with E-state index in [2.05, 4.69) is 20.5 Å². The average Bonchev–Trinajstić information content (AvgIpc) is 3.48. The molecule has 0 aliphatic rings. The van der Waals surface area contributed by atoms with Crippen molar-refractivity contribution in [2.24, 2.45) is 0 Å². The Morgan fingerprint density at radius 1 is 0.912 bits per heavy atom. The molecule has 1 amide bonds. The molecule has 0 bridgehead atoms. The van der Waals surface area contributed by atoms with E-state index in [1.165, 1.54) is 0 Å². The van der Waals surface area contributed by atoms with E-state index in [0.717, 1.165) is 27.3 Å². The van der Waals surface area contributed by atoms with Crippen LogP contribution in [0.4, 0.5) is 5.69 Å². The molecular weight excluding hydrogens is 444 g/mol. The number of benzene rings is 3. The lowest BCUT2D eigenvalue weighted by molar-refractivity contribution is 0.102. The van der Waals surface area contributed by atoms with Crippen molar-refractivity contribution in [2.75, 3.05) is 5.32 Å². The quantitative estimate of drug-likeness (QED) is 0.303. The lowest BCUT2D eigenvalue weighted by Gasteiger charge is -2.07. The Hall–Kier alpha value is -4.36. The summed E-state index contributed by atoms with van der Waals surface area (Å²) >= 11 is 1.60. The maximum atomic E-state index is 13.1. The number of hydrogen-bond donors (Lipinski definition) is 2. The number of carbonyl (C=O) groups is 2. The number of anilines is 1. The van der Waals surface area contributed by atoms with Crippen molar-refractivity contribution in [3.63, 3.8) is 0 Å². The fourth-order valence-electron chi connectivity index (χ4n) is 3.63. The van der Waals surface area contributed by atoms with Crippen molar-refractivity contribution < 1.29 is 9.59 Å². The number of nitrogens with zero attached hydrogens (tertiary/aromatic N) is 2. The van der Waals surface area contributed by atoms with Gasteiger partial charge in [0.1, 0.15) is 0 Å². The van der Waals surface area contributed by atoms with E-state index in [4.69, 9.17) is 0 Å². The highest BCUT2D eigenvalue weighted by molar-refractivity contribution is 7.09. The lowest BCUT2D eigenvalue weighted by Crippen LogP contribution is -2.12. The molecule has 0 saturated carbocycles. The number of carbonyl (C=O) groups excluding carboxylic acids is 2. The van der Waals surface area contributed by atoms with Crippen LogP contribution in [0.2, 0.25) is 0 Å². The minimum Gasteiger partial charge on any atom is -0.322 e. The van der Waals surface area contributed by atoms with Crippen LogP contribution in [0.3, 0.4) is 0 Å². The first kappa shape index (κ1) is 21.5. The van der Waals surface area contributed by atoms with Gasteiger partial charge in [0.05, 0.1) is 21.9 Å². The first-order valence-electron chi connectivity index (χ1n) is 10.7. The molecule has 6 nitrogen and oxygen atoms in total. The van der Waals surface area contributed by atoms with Gasteiger partial charge in [0, 0.05) is 33.1 Å². The number of nitrogens with one attached hydrogen (secondary N) is 2. The first-order chi connectivity index (χ1) is 16.6. The van der Waals surface area contributed by atoms with E-state index in [1.807, 2.05) is 48.7 Å². The Balaban J connectivity index is 1.36. The average molecular weight is 465 g/mol. The van der Waals surface area contributed by atoms with Crippen molar-refractivity contribution in [2.45, 2.75) is 6.92 Å². The predicted molar refractivity (Wildman–Crippen MR) is 136 cm³/mol. The van der Waals surface area contributed by atoms with Gasteiger partial charge in [-0.1, -0.05) is 36.4 Å². The normalized spacial score (nSPS) is 11.2. The standard InChI is InChI=1S/C27H20N4O2S/c1-17-28-22(16-34-17)11-13-24-23-12-10-20(15-25(23)31-30-24)26(32)19-8-5-9-21(14-19)29-27(33)18-6-3-2-4-7-18/h2-16H,1H3,(H,29,33)(H,30,31). The highest BCUT2D eigenvalue weighted by Gasteiger charge is 2.13.